The second-order valence-electron chi connectivity index (χ2n) is 6.79. The molecule has 10 nitrogen and oxygen atoms in total. The number of hydrogen-bond donors (Lipinski definition) is 3. The third-order valence-electron chi connectivity index (χ3n) is 4.62. The van der Waals surface area contributed by atoms with Crippen LogP contribution in [0.5, 0.6) is 5.75 Å². The first-order valence-corrected chi connectivity index (χ1v) is 9.47. The molecule has 2 amide bonds. The minimum Gasteiger partial charge on any atom is -0.492 e. The molecule has 1 aliphatic rings. The van der Waals surface area contributed by atoms with Gasteiger partial charge >= 0.3 is 0 Å². The van der Waals surface area contributed by atoms with Gasteiger partial charge in [0.25, 0.3) is 5.91 Å². The number of methoxy groups -OCH3 is 1. The average molecular weight is 422 g/mol. The molecule has 1 fully saturated rings. The zero-order chi connectivity index (χ0) is 24.3. The molecule has 1 aliphatic carbocycles. The Morgan fingerprint density at radius 2 is 2.03 bits per heavy atom. The van der Waals surface area contributed by atoms with Crippen molar-refractivity contribution in [3.8, 4) is 17.0 Å². The van der Waals surface area contributed by atoms with Gasteiger partial charge in [-0.1, -0.05) is 6.07 Å². The molecule has 0 aromatic carbocycles. The quantitative estimate of drug-likeness (QED) is 0.529. The van der Waals surface area contributed by atoms with Crippen LogP contribution in [0, 0.1) is 5.92 Å². The highest BCUT2D eigenvalue weighted by atomic mass is 16.5. The maximum atomic E-state index is 12.6. The van der Waals surface area contributed by atoms with E-state index in [9.17, 15) is 9.59 Å². The highest BCUT2D eigenvalue weighted by molar-refractivity contribution is 5.99. The van der Waals surface area contributed by atoms with Crippen LogP contribution in [0.4, 0.5) is 17.3 Å². The maximum absolute atomic E-state index is 12.6. The van der Waals surface area contributed by atoms with E-state index >= 15 is 0 Å². The number of carbonyl (C=O) groups excluding carboxylic acids is 2. The van der Waals surface area contributed by atoms with Crippen LogP contribution in [0.2, 0.25) is 0 Å². The molecule has 0 aliphatic heterocycles. The number of nitrogens with zero attached hydrogens (tertiary/aromatic N) is 4. The van der Waals surface area contributed by atoms with Crippen molar-refractivity contribution in [1.82, 2.24) is 25.5 Å². The van der Waals surface area contributed by atoms with Crippen molar-refractivity contribution in [2.24, 2.45) is 5.92 Å². The van der Waals surface area contributed by atoms with Gasteiger partial charge in [0.15, 0.2) is 23.1 Å². The minimum absolute atomic E-state index is 0.0754. The topological polar surface area (TPSA) is 131 Å². The molecule has 1 saturated carbocycles. The van der Waals surface area contributed by atoms with E-state index in [1.165, 1.54) is 19.4 Å². The molecule has 0 spiro atoms. The standard InChI is InChI=1S/C21H21N7O3/c1-22-21(30)17-15(11-16(27-28-17)26-20(29)12-6-7-12)25-19-18(31-2)13(8-10-24-19)14-5-3-4-9-23-14/h3-5,8-12H,6-7H2,1-2H3,(H,22,30)(H2,24,25,26,27,29)/i1D3. The molecule has 0 saturated heterocycles. The van der Waals surface area contributed by atoms with E-state index in [2.05, 4.69) is 30.8 Å². The Balaban J connectivity index is 1.72. The molecule has 3 N–H and O–H groups in total. The van der Waals surface area contributed by atoms with Crippen molar-refractivity contribution >= 4 is 29.1 Å². The van der Waals surface area contributed by atoms with Crippen LogP contribution in [0.1, 0.15) is 27.4 Å². The van der Waals surface area contributed by atoms with Gasteiger partial charge in [0.05, 0.1) is 18.5 Å². The van der Waals surface area contributed by atoms with Gasteiger partial charge in [0.1, 0.15) is 0 Å². The highest BCUT2D eigenvalue weighted by Gasteiger charge is 2.30. The van der Waals surface area contributed by atoms with Crippen LogP contribution >= 0.6 is 0 Å². The van der Waals surface area contributed by atoms with Crippen LogP contribution in [-0.4, -0.2) is 46.1 Å². The molecule has 10 heteroatoms. The van der Waals surface area contributed by atoms with Crippen molar-refractivity contribution in [2.45, 2.75) is 12.8 Å². The number of ether oxygens (including phenoxy) is 1. The summed E-state index contributed by atoms with van der Waals surface area (Å²) in [5, 5.41) is 15.2. The lowest BCUT2D eigenvalue weighted by Crippen LogP contribution is -2.22. The van der Waals surface area contributed by atoms with Crippen molar-refractivity contribution in [1.29, 1.82) is 0 Å². The van der Waals surface area contributed by atoms with Crippen molar-refractivity contribution in [2.75, 3.05) is 24.7 Å². The fourth-order valence-electron chi connectivity index (χ4n) is 2.94. The van der Waals surface area contributed by atoms with E-state index < -0.39 is 12.9 Å². The van der Waals surface area contributed by atoms with E-state index in [1.807, 2.05) is 11.4 Å². The van der Waals surface area contributed by atoms with Crippen LogP contribution in [-0.2, 0) is 4.79 Å². The lowest BCUT2D eigenvalue weighted by Gasteiger charge is -2.15. The number of pyridine rings is 2. The second-order valence-corrected chi connectivity index (χ2v) is 6.79. The summed E-state index contributed by atoms with van der Waals surface area (Å²) in [5.41, 5.74) is 1.05. The Kier molecular flexibility index (Phi) is 4.70. The van der Waals surface area contributed by atoms with Crippen LogP contribution in [0.15, 0.2) is 42.7 Å². The summed E-state index contributed by atoms with van der Waals surface area (Å²) in [5.74, 6) is -0.592. The van der Waals surface area contributed by atoms with Gasteiger partial charge in [-0.05, 0) is 31.0 Å². The van der Waals surface area contributed by atoms with E-state index in [0.717, 1.165) is 12.8 Å². The van der Waals surface area contributed by atoms with Crippen LogP contribution in [0.25, 0.3) is 11.3 Å². The molecule has 31 heavy (non-hydrogen) atoms. The molecular weight excluding hydrogens is 398 g/mol. The fraction of sp³-hybridized carbons (Fsp3) is 0.238. The Hall–Kier alpha value is -4.08. The zero-order valence-corrected chi connectivity index (χ0v) is 16.5. The lowest BCUT2D eigenvalue weighted by molar-refractivity contribution is -0.117. The zero-order valence-electron chi connectivity index (χ0n) is 19.5. The molecular formula is C21H21N7O3. The molecule has 3 aromatic heterocycles. The SMILES string of the molecule is [2H]C([2H])([2H])NC(=O)c1nnc(NC(=O)C2CC2)cc1Nc1nccc(-c2ccccn2)c1OC. The number of rotatable bonds is 7. The summed E-state index contributed by atoms with van der Waals surface area (Å²) in [6.07, 6.45) is 4.76. The third kappa shape index (κ3) is 4.42. The van der Waals surface area contributed by atoms with E-state index in [0.29, 0.717) is 17.0 Å². The molecule has 158 valence electrons. The van der Waals surface area contributed by atoms with Gasteiger partial charge in [-0.2, -0.15) is 0 Å². The summed E-state index contributed by atoms with van der Waals surface area (Å²) in [6.45, 7) is -2.73. The number of aromatic nitrogens is 4. The summed E-state index contributed by atoms with van der Waals surface area (Å²) in [6, 6.07) is 8.52. The Morgan fingerprint density at radius 1 is 1.16 bits per heavy atom. The van der Waals surface area contributed by atoms with Gasteiger partial charge in [-0.25, -0.2) is 4.98 Å². The third-order valence-corrected chi connectivity index (χ3v) is 4.62. The first-order valence-electron chi connectivity index (χ1n) is 11.0. The maximum Gasteiger partial charge on any atom is 0.273 e. The molecule has 0 unspecified atom stereocenters. The largest absolute Gasteiger partial charge is 0.492 e. The predicted octanol–water partition coefficient (Wildman–Crippen LogP) is 2.39. The molecule has 0 radical (unpaired) electrons. The van der Waals surface area contributed by atoms with Crippen molar-refractivity contribution in [3.05, 3.63) is 48.4 Å². The van der Waals surface area contributed by atoms with Gasteiger partial charge in [-0.15, -0.1) is 10.2 Å². The summed E-state index contributed by atoms with van der Waals surface area (Å²) in [4.78, 5) is 33.4. The summed E-state index contributed by atoms with van der Waals surface area (Å²) >= 11 is 0. The van der Waals surface area contributed by atoms with Crippen molar-refractivity contribution in [3.63, 3.8) is 0 Å². The predicted molar refractivity (Wildman–Crippen MR) is 114 cm³/mol. The summed E-state index contributed by atoms with van der Waals surface area (Å²) < 4.78 is 27.5. The van der Waals surface area contributed by atoms with Gasteiger partial charge in [0, 0.05) is 41.0 Å². The van der Waals surface area contributed by atoms with Gasteiger partial charge in [0.2, 0.25) is 5.91 Å². The first kappa shape index (κ1) is 16.7. The van der Waals surface area contributed by atoms with E-state index in [4.69, 9.17) is 8.85 Å². The van der Waals surface area contributed by atoms with E-state index in [1.54, 1.807) is 24.4 Å². The molecule has 0 bridgehead atoms. The Bertz CT molecular complexity index is 1220. The average Bonchev–Trinajstić information content (AvgIpc) is 3.64. The molecule has 0 atom stereocenters. The fourth-order valence-corrected chi connectivity index (χ4v) is 2.94. The second kappa shape index (κ2) is 8.74. The number of anilines is 3. The Morgan fingerprint density at radius 3 is 2.74 bits per heavy atom. The number of amides is 2. The summed E-state index contributed by atoms with van der Waals surface area (Å²) in [7, 11) is 1.46. The lowest BCUT2D eigenvalue weighted by atomic mass is 10.1. The number of nitrogens with one attached hydrogen (secondary N) is 3. The molecule has 4 rings (SSSR count). The smallest absolute Gasteiger partial charge is 0.273 e. The van der Waals surface area contributed by atoms with Gasteiger partial charge < -0.3 is 20.7 Å². The number of hydrogen-bond acceptors (Lipinski definition) is 8. The van der Waals surface area contributed by atoms with E-state index in [-0.39, 0.29) is 34.8 Å². The van der Waals surface area contributed by atoms with Crippen molar-refractivity contribution < 1.29 is 18.4 Å². The highest BCUT2D eigenvalue weighted by Crippen LogP contribution is 2.36. The normalized spacial score (nSPS) is 14.5. The monoisotopic (exact) mass is 422 g/mol. The Labute approximate surface area is 182 Å². The minimum atomic E-state index is -2.73. The molecule has 3 heterocycles. The molecule has 3 aromatic rings. The van der Waals surface area contributed by atoms with Crippen LogP contribution < -0.4 is 20.7 Å². The van der Waals surface area contributed by atoms with Gasteiger partial charge in [-0.3, -0.25) is 14.6 Å². The first-order chi connectivity index (χ1) is 16.2. The van der Waals surface area contributed by atoms with Crippen LogP contribution in [0.3, 0.4) is 0 Å². The number of carbonyl (C=O) groups is 2.